The minimum atomic E-state index is -0.410. The quantitative estimate of drug-likeness (QED) is 0.419. The summed E-state index contributed by atoms with van der Waals surface area (Å²) in [7, 11) is 0. The minimum absolute atomic E-state index is 0.382. The zero-order valence-corrected chi connectivity index (χ0v) is 16.0. The summed E-state index contributed by atoms with van der Waals surface area (Å²) in [5.41, 5.74) is 0.765. The molecule has 0 heterocycles. The zero-order valence-electron chi connectivity index (χ0n) is 12.8. The molecule has 0 saturated carbocycles. The summed E-state index contributed by atoms with van der Waals surface area (Å²) in [4.78, 5) is 24.0. The molecule has 1 aromatic carbocycles. The zero-order chi connectivity index (χ0) is 16.5. The van der Waals surface area contributed by atoms with Crippen LogP contribution in [0.2, 0.25) is 0 Å². The van der Waals surface area contributed by atoms with Gasteiger partial charge in [-0.2, -0.15) is 0 Å². The molecule has 0 spiro atoms. The predicted octanol–water partition coefficient (Wildman–Crippen LogP) is 5.13. The summed E-state index contributed by atoms with van der Waals surface area (Å²) < 4.78 is 11.4. The van der Waals surface area contributed by atoms with E-state index >= 15 is 0 Å². The molecule has 0 radical (unpaired) electrons. The van der Waals surface area contributed by atoms with Crippen molar-refractivity contribution in [2.24, 2.45) is 0 Å². The van der Waals surface area contributed by atoms with Gasteiger partial charge in [-0.25, -0.2) is 9.59 Å². The lowest BCUT2D eigenvalue weighted by molar-refractivity contribution is 0.0483. The van der Waals surface area contributed by atoms with Crippen molar-refractivity contribution in [1.82, 2.24) is 0 Å². The Bertz CT molecular complexity index is 481. The highest BCUT2D eigenvalue weighted by Crippen LogP contribution is 2.27. The number of ether oxygens (including phenoxy) is 2. The number of hydrogen-bond donors (Lipinski definition) is 0. The van der Waals surface area contributed by atoms with Gasteiger partial charge in [-0.05, 0) is 56.8 Å². The lowest BCUT2D eigenvalue weighted by Gasteiger charge is -2.10. The second kappa shape index (κ2) is 10.0. The summed E-state index contributed by atoms with van der Waals surface area (Å²) in [6.07, 6.45) is 3.57. The van der Waals surface area contributed by atoms with Crippen LogP contribution in [0.1, 0.15) is 60.2 Å². The third-order valence-corrected chi connectivity index (χ3v) is 4.27. The fraction of sp³-hybridized carbons (Fsp3) is 0.500. The van der Waals surface area contributed by atoms with Crippen LogP contribution in [-0.2, 0) is 9.47 Å². The van der Waals surface area contributed by atoms with Gasteiger partial charge in [0.2, 0.25) is 0 Å². The van der Waals surface area contributed by atoms with E-state index in [9.17, 15) is 9.59 Å². The first-order valence-corrected chi connectivity index (χ1v) is 8.93. The van der Waals surface area contributed by atoms with Gasteiger partial charge < -0.3 is 9.47 Å². The van der Waals surface area contributed by atoms with Crippen LogP contribution in [-0.4, -0.2) is 25.2 Å². The summed E-state index contributed by atoms with van der Waals surface area (Å²) in [6, 6.07) is 3.16. The van der Waals surface area contributed by atoms with Crippen molar-refractivity contribution in [2.45, 2.75) is 39.5 Å². The number of hydrogen-bond acceptors (Lipinski definition) is 4. The van der Waals surface area contributed by atoms with Crippen LogP contribution < -0.4 is 0 Å². The summed E-state index contributed by atoms with van der Waals surface area (Å²) in [5.74, 6) is -0.821. The molecule has 122 valence electrons. The molecule has 4 nitrogen and oxygen atoms in total. The molecule has 0 fully saturated rings. The third kappa shape index (κ3) is 5.72. The van der Waals surface area contributed by atoms with Gasteiger partial charge in [0, 0.05) is 8.95 Å². The summed E-state index contributed by atoms with van der Waals surface area (Å²) >= 11 is 6.62. The number of benzene rings is 1. The van der Waals surface area contributed by atoms with Crippen LogP contribution in [0.4, 0.5) is 0 Å². The molecule has 0 unspecified atom stereocenters. The molecule has 6 heteroatoms. The van der Waals surface area contributed by atoms with E-state index in [0.717, 1.165) is 25.7 Å². The van der Waals surface area contributed by atoms with E-state index in [4.69, 9.17) is 9.47 Å². The molecule has 0 amide bonds. The number of carbonyl (C=O) groups excluding carboxylic acids is 2. The fourth-order valence-corrected chi connectivity index (χ4v) is 2.64. The maximum absolute atomic E-state index is 12.0. The Balaban J connectivity index is 2.82. The van der Waals surface area contributed by atoms with Gasteiger partial charge >= 0.3 is 11.9 Å². The maximum atomic E-state index is 12.0. The van der Waals surface area contributed by atoms with Gasteiger partial charge in [-0.1, -0.05) is 26.7 Å². The third-order valence-electron chi connectivity index (χ3n) is 2.96. The molecule has 0 saturated heterocycles. The van der Waals surface area contributed by atoms with Gasteiger partial charge in [0.25, 0.3) is 0 Å². The first-order chi connectivity index (χ1) is 10.5. The van der Waals surface area contributed by atoms with E-state index in [1.807, 2.05) is 13.8 Å². The van der Waals surface area contributed by atoms with E-state index in [1.165, 1.54) is 0 Å². The second-order valence-corrected chi connectivity index (χ2v) is 6.50. The Morgan fingerprint density at radius 3 is 1.55 bits per heavy atom. The van der Waals surface area contributed by atoms with Gasteiger partial charge in [0.1, 0.15) is 0 Å². The largest absolute Gasteiger partial charge is 0.462 e. The van der Waals surface area contributed by atoms with Gasteiger partial charge in [-0.3, -0.25) is 0 Å². The summed E-state index contributed by atoms with van der Waals surface area (Å²) in [6.45, 7) is 4.83. The van der Waals surface area contributed by atoms with E-state index in [-0.39, 0.29) is 0 Å². The van der Waals surface area contributed by atoms with E-state index in [0.29, 0.717) is 33.3 Å². The van der Waals surface area contributed by atoms with Crippen molar-refractivity contribution in [3.8, 4) is 0 Å². The minimum Gasteiger partial charge on any atom is -0.462 e. The molecule has 0 aliphatic heterocycles. The van der Waals surface area contributed by atoms with Gasteiger partial charge in [0.15, 0.2) is 0 Å². The highest BCUT2D eigenvalue weighted by molar-refractivity contribution is 9.11. The SMILES string of the molecule is CCCCOC(=O)c1cc(Br)c(C(=O)OCCCC)cc1Br. The van der Waals surface area contributed by atoms with Crippen molar-refractivity contribution in [1.29, 1.82) is 0 Å². The normalized spacial score (nSPS) is 10.4. The topological polar surface area (TPSA) is 52.6 Å². The highest BCUT2D eigenvalue weighted by atomic mass is 79.9. The Hall–Kier alpha value is -0.880. The van der Waals surface area contributed by atoms with Crippen molar-refractivity contribution in [3.05, 3.63) is 32.2 Å². The predicted molar refractivity (Wildman–Crippen MR) is 92.2 cm³/mol. The van der Waals surface area contributed by atoms with Crippen molar-refractivity contribution >= 4 is 43.8 Å². The van der Waals surface area contributed by atoms with Gasteiger partial charge in [-0.15, -0.1) is 0 Å². The molecule has 0 N–H and O–H groups in total. The van der Waals surface area contributed by atoms with Gasteiger partial charge in [0.05, 0.1) is 24.3 Å². The summed E-state index contributed by atoms with van der Waals surface area (Å²) in [5, 5.41) is 0. The molecular weight excluding hydrogens is 416 g/mol. The maximum Gasteiger partial charge on any atom is 0.339 e. The number of rotatable bonds is 8. The van der Waals surface area contributed by atoms with Crippen molar-refractivity contribution in [2.75, 3.05) is 13.2 Å². The molecule has 1 aromatic rings. The number of esters is 2. The number of halogens is 2. The van der Waals surface area contributed by atoms with E-state index in [1.54, 1.807) is 12.1 Å². The van der Waals surface area contributed by atoms with Crippen LogP contribution in [0, 0.1) is 0 Å². The molecule has 0 aliphatic rings. The molecule has 0 aliphatic carbocycles. The fourth-order valence-electron chi connectivity index (χ4n) is 1.63. The molecule has 1 rings (SSSR count). The smallest absolute Gasteiger partial charge is 0.339 e. The highest BCUT2D eigenvalue weighted by Gasteiger charge is 2.19. The Morgan fingerprint density at radius 2 is 1.23 bits per heavy atom. The van der Waals surface area contributed by atoms with Crippen LogP contribution in [0.25, 0.3) is 0 Å². The Morgan fingerprint density at radius 1 is 0.864 bits per heavy atom. The lowest BCUT2D eigenvalue weighted by atomic mass is 10.1. The lowest BCUT2D eigenvalue weighted by Crippen LogP contribution is -2.11. The average molecular weight is 436 g/mol. The average Bonchev–Trinajstić information content (AvgIpc) is 2.49. The molecule has 0 aromatic heterocycles. The monoisotopic (exact) mass is 434 g/mol. The molecular formula is C16H20Br2O4. The Kier molecular flexibility index (Phi) is 8.71. The van der Waals surface area contributed by atoms with E-state index < -0.39 is 11.9 Å². The second-order valence-electron chi connectivity index (χ2n) is 4.79. The van der Waals surface area contributed by atoms with Crippen molar-refractivity contribution < 1.29 is 19.1 Å². The molecule has 0 bridgehead atoms. The van der Waals surface area contributed by atoms with Crippen LogP contribution in [0.15, 0.2) is 21.1 Å². The number of unbranched alkanes of at least 4 members (excludes halogenated alkanes) is 2. The van der Waals surface area contributed by atoms with Crippen molar-refractivity contribution in [3.63, 3.8) is 0 Å². The van der Waals surface area contributed by atoms with E-state index in [2.05, 4.69) is 31.9 Å². The van der Waals surface area contributed by atoms with Crippen LogP contribution in [0.5, 0.6) is 0 Å². The molecule has 22 heavy (non-hydrogen) atoms. The standard InChI is InChI=1S/C16H20Br2O4/c1-3-5-7-21-15(19)11-9-14(18)12(10-13(11)17)16(20)22-8-6-4-2/h9-10H,3-8H2,1-2H3. The van der Waals surface area contributed by atoms with Crippen LogP contribution in [0.3, 0.4) is 0 Å². The number of carbonyl (C=O) groups is 2. The molecule has 0 atom stereocenters. The Labute approximate surface area is 147 Å². The van der Waals surface area contributed by atoms with Crippen LogP contribution >= 0.6 is 31.9 Å². The first kappa shape index (κ1) is 19.2. The first-order valence-electron chi connectivity index (χ1n) is 7.34.